The number of thioether (sulfide) groups is 1. The molecule has 0 saturated carbocycles. The molecule has 1 saturated heterocycles. The van der Waals surface area contributed by atoms with E-state index in [1.165, 1.54) is 23.9 Å². The smallest absolute Gasteiger partial charge is 0.269 e. The number of aromatic nitrogens is 6. The molecule has 1 aliphatic rings. The summed E-state index contributed by atoms with van der Waals surface area (Å²) in [7, 11) is 0. The minimum Gasteiger partial charge on any atom is -0.378 e. The standard InChI is InChI=1S/C22H23FN8O2S/c1-34-22-26-19(30-8-10-33-11-9-30)16-13-25-31(20(16)27-22)7-6-24-21(32)18-12-17(28-29-18)14-2-4-15(23)5-3-14/h2-5,12-13H,6-11H2,1H3,(H,24,32)(H,28,29). The van der Waals surface area contributed by atoms with E-state index in [-0.39, 0.29) is 11.7 Å². The van der Waals surface area contributed by atoms with Crippen LogP contribution in [0.25, 0.3) is 22.3 Å². The molecule has 1 aliphatic heterocycles. The average molecular weight is 483 g/mol. The summed E-state index contributed by atoms with van der Waals surface area (Å²) in [6.45, 7) is 3.66. The molecule has 34 heavy (non-hydrogen) atoms. The summed E-state index contributed by atoms with van der Waals surface area (Å²) >= 11 is 1.48. The van der Waals surface area contributed by atoms with Gasteiger partial charge in [0.2, 0.25) is 0 Å². The van der Waals surface area contributed by atoms with Crippen LogP contribution in [0, 0.1) is 5.82 Å². The summed E-state index contributed by atoms with van der Waals surface area (Å²) in [6, 6.07) is 7.58. The number of carbonyl (C=O) groups excluding carboxylic acids is 1. The van der Waals surface area contributed by atoms with Crippen LogP contribution in [0.3, 0.4) is 0 Å². The molecule has 4 aromatic rings. The fourth-order valence-corrected chi connectivity index (χ4v) is 4.12. The SMILES string of the molecule is CSc1nc(N2CCOCC2)c2cnn(CCNC(=O)c3cc(-c4ccc(F)cc4)n[nH]3)c2n1. The molecule has 176 valence electrons. The van der Waals surface area contributed by atoms with Crippen molar-refractivity contribution < 1.29 is 13.9 Å². The fraction of sp³-hybridized carbons (Fsp3) is 0.318. The normalized spacial score (nSPS) is 14.0. The van der Waals surface area contributed by atoms with Gasteiger partial charge < -0.3 is 15.0 Å². The first kappa shape index (κ1) is 22.3. The number of hydrogen-bond acceptors (Lipinski definition) is 8. The lowest BCUT2D eigenvalue weighted by Gasteiger charge is -2.28. The first-order chi connectivity index (χ1) is 16.6. The first-order valence-electron chi connectivity index (χ1n) is 10.8. The lowest BCUT2D eigenvalue weighted by Crippen LogP contribution is -2.37. The Labute approximate surface area is 198 Å². The Morgan fingerprint density at radius 3 is 2.79 bits per heavy atom. The van der Waals surface area contributed by atoms with Crippen LogP contribution in [0.2, 0.25) is 0 Å². The summed E-state index contributed by atoms with van der Waals surface area (Å²) in [5.74, 6) is 0.250. The van der Waals surface area contributed by atoms with Gasteiger partial charge in [0.05, 0.1) is 37.0 Å². The lowest BCUT2D eigenvalue weighted by atomic mass is 10.1. The molecule has 0 spiro atoms. The summed E-state index contributed by atoms with van der Waals surface area (Å²) in [5, 5.41) is 15.8. The summed E-state index contributed by atoms with van der Waals surface area (Å²) in [5.41, 5.74) is 2.35. The molecule has 3 aromatic heterocycles. The molecule has 0 aliphatic carbocycles. The number of benzene rings is 1. The van der Waals surface area contributed by atoms with Crippen LogP contribution in [0.1, 0.15) is 10.5 Å². The second kappa shape index (κ2) is 9.77. The van der Waals surface area contributed by atoms with E-state index in [1.807, 2.05) is 6.26 Å². The van der Waals surface area contributed by atoms with Crippen LogP contribution >= 0.6 is 11.8 Å². The number of H-pyrrole nitrogens is 1. The van der Waals surface area contributed by atoms with Crippen molar-refractivity contribution in [1.29, 1.82) is 0 Å². The lowest BCUT2D eigenvalue weighted by molar-refractivity contribution is 0.0947. The van der Waals surface area contributed by atoms with Crippen molar-refractivity contribution in [3.63, 3.8) is 0 Å². The number of ether oxygens (including phenoxy) is 1. The monoisotopic (exact) mass is 482 g/mol. The Kier molecular flexibility index (Phi) is 6.41. The number of fused-ring (bicyclic) bond motifs is 1. The van der Waals surface area contributed by atoms with E-state index < -0.39 is 0 Å². The summed E-state index contributed by atoms with van der Waals surface area (Å²) < 4.78 is 20.4. The highest BCUT2D eigenvalue weighted by Crippen LogP contribution is 2.27. The number of aromatic amines is 1. The predicted molar refractivity (Wildman–Crippen MR) is 126 cm³/mol. The Morgan fingerprint density at radius 2 is 2.03 bits per heavy atom. The van der Waals surface area contributed by atoms with Gasteiger partial charge in [-0.25, -0.2) is 19.0 Å². The van der Waals surface area contributed by atoms with Crippen LogP contribution in [0.4, 0.5) is 10.2 Å². The van der Waals surface area contributed by atoms with Crippen molar-refractivity contribution >= 4 is 34.5 Å². The molecule has 1 fully saturated rings. The zero-order valence-electron chi connectivity index (χ0n) is 18.5. The Morgan fingerprint density at radius 1 is 1.24 bits per heavy atom. The van der Waals surface area contributed by atoms with Gasteiger partial charge in [0.25, 0.3) is 5.91 Å². The maximum atomic E-state index is 13.1. The van der Waals surface area contributed by atoms with Crippen LogP contribution in [-0.4, -0.2) is 75.0 Å². The van der Waals surface area contributed by atoms with E-state index in [2.05, 4.69) is 30.5 Å². The highest BCUT2D eigenvalue weighted by Gasteiger charge is 2.20. The van der Waals surface area contributed by atoms with Gasteiger partial charge in [-0.2, -0.15) is 10.2 Å². The Bertz CT molecular complexity index is 1300. The molecule has 5 rings (SSSR count). The second-order valence-electron chi connectivity index (χ2n) is 7.67. The van der Waals surface area contributed by atoms with Gasteiger partial charge in [-0.15, -0.1) is 0 Å². The third kappa shape index (κ3) is 4.59. The minimum atomic E-state index is -0.324. The maximum absolute atomic E-state index is 13.1. The second-order valence-corrected chi connectivity index (χ2v) is 8.44. The summed E-state index contributed by atoms with van der Waals surface area (Å²) in [6.07, 6.45) is 3.71. The Balaban J connectivity index is 1.27. The highest BCUT2D eigenvalue weighted by molar-refractivity contribution is 7.98. The van der Waals surface area contributed by atoms with Crippen LogP contribution in [0.15, 0.2) is 41.7 Å². The molecule has 1 aromatic carbocycles. The van der Waals surface area contributed by atoms with Gasteiger partial charge in [-0.1, -0.05) is 11.8 Å². The van der Waals surface area contributed by atoms with E-state index in [0.29, 0.717) is 42.8 Å². The quantitative estimate of drug-likeness (QED) is 0.305. The van der Waals surface area contributed by atoms with Crippen LogP contribution in [0.5, 0.6) is 0 Å². The van der Waals surface area contributed by atoms with Gasteiger partial charge in [0, 0.05) is 25.2 Å². The van der Waals surface area contributed by atoms with Crippen molar-refractivity contribution in [2.45, 2.75) is 11.7 Å². The third-order valence-corrected chi connectivity index (χ3v) is 6.07. The molecular formula is C22H23FN8O2S. The Hall–Kier alpha value is -3.51. The number of anilines is 1. The predicted octanol–water partition coefficient (Wildman–Crippen LogP) is 2.34. The van der Waals surface area contributed by atoms with E-state index in [4.69, 9.17) is 9.72 Å². The van der Waals surface area contributed by atoms with Crippen molar-refractivity contribution in [2.75, 3.05) is 44.0 Å². The van der Waals surface area contributed by atoms with E-state index in [0.717, 1.165) is 35.5 Å². The zero-order chi connectivity index (χ0) is 23.5. The van der Waals surface area contributed by atoms with Gasteiger partial charge in [0.1, 0.15) is 17.3 Å². The molecular weight excluding hydrogens is 459 g/mol. The van der Waals surface area contributed by atoms with Crippen molar-refractivity contribution in [1.82, 2.24) is 35.3 Å². The molecule has 4 heterocycles. The molecule has 10 nitrogen and oxygen atoms in total. The number of morpholine rings is 1. The minimum absolute atomic E-state index is 0.286. The number of carbonyl (C=O) groups is 1. The number of nitrogens with zero attached hydrogens (tertiary/aromatic N) is 6. The largest absolute Gasteiger partial charge is 0.378 e. The van der Waals surface area contributed by atoms with Gasteiger partial charge >= 0.3 is 0 Å². The fourth-order valence-electron chi connectivity index (χ4n) is 3.77. The van der Waals surface area contributed by atoms with Gasteiger partial charge in [-0.05, 0) is 36.6 Å². The summed E-state index contributed by atoms with van der Waals surface area (Å²) in [4.78, 5) is 24.1. The van der Waals surface area contributed by atoms with Crippen molar-refractivity contribution in [3.8, 4) is 11.3 Å². The molecule has 0 radical (unpaired) electrons. The number of nitrogens with one attached hydrogen (secondary N) is 2. The molecule has 0 bridgehead atoms. The van der Waals surface area contributed by atoms with Crippen molar-refractivity contribution in [3.05, 3.63) is 48.0 Å². The number of rotatable bonds is 7. The number of hydrogen-bond donors (Lipinski definition) is 2. The average Bonchev–Trinajstić information content (AvgIpc) is 3.52. The first-order valence-corrected chi connectivity index (χ1v) is 12.0. The van der Waals surface area contributed by atoms with E-state index in [1.54, 1.807) is 29.1 Å². The number of halogens is 1. The molecule has 0 atom stereocenters. The molecule has 12 heteroatoms. The topological polar surface area (TPSA) is 114 Å². The zero-order valence-corrected chi connectivity index (χ0v) is 19.3. The van der Waals surface area contributed by atoms with Crippen LogP contribution in [-0.2, 0) is 11.3 Å². The maximum Gasteiger partial charge on any atom is 0.269 e. The van der Waals surface area contributed by atoms with Crippen LogP contribution < -0.4 is 10.2 Å². The van der Waals surface area contributed by atoms with Crippen molar-refractivity contribution in [2.24, 2.45) is 0 Å². The number of amides is 1. The van der Waals surface area contributed by atoms with Gasteiger partial charge in [-0.3, -0.25) is 9.89 Å². The van der Waals surface area contributed by atoms with Gasteiger partial charge in [0.15, 0.2) is 10.8 Å². The highest BCUT2D eigenvalue weighted by atomic mass is 32.2. The molecule has 0 unspecified atom stereocenters. The molecule has 1 amide bonds. The van der Waals surface area contributed by atoms with E-state index >= 15 is 0 Å². The molecule has 2 N–H and O–H groups in total. The third-order valence-electron chi connectivity index (χ3n) is 5.52. The van der Waals surface area contributed by atoms with E-state index in [9.17, 15) is 9.18 Å².